The van der Waals surface area contributed by atoms with Crippen LogP contribution in [-0.4, -0.2) is 40.4 Å². The van der Waals surface area contributed by atoms with Crippen molar-refractivity contribution in [2.75, 3.05) is 24.5 Å². The van der Waals surface area contributed by atoms with Crippen molar-refractivity contribution < 1.29 is 4.79 Å². The second-order valence-electron chi connectivity index (χ2n) is 8.31. The highest BCUT2D eigenvalue weighted by Gasteiger charge is 2.44. The van der Waals surface area contributed by atoms with Gasteiger partial charge in [0.1, 0.15) is 5.82 Å². The molecule has 0 bridgehead atoms. The van der Waals surface area contributed by atoms with Crippen molar-refractivity contribution in [3.8, 4) is 0 Å². The molecule has 140 valence electrons. The van der Waals surface area contributed by atoms with Gasteiger partial charge in [-0.15, -0.1) is 0 Å². The molecule has 2 aliphatic heterocycles. The van der Waals surface area contributed by atoms with Gasteiger partial charge >= 0.3 is 0 Å². The summed E-state index contributed by atoms with van der Waals surface area (Å²) in [5.41, 5.74) is 2.87. The highest BCUT2D eigenvalue weighted by atomic mass is 16.2. The first-order valence-corrected chi connectivity index (χ1v) is 10.1. The van der Waals surface area contributed by atoms with Gasteiger partial charge in [-0.05, 0) is 36.8 Å². The number of carbonyl (C=O) groups is 1. The Hall–Kier alpha value is -2.43. The highest BCUT2D eigenvalue weighted by molar-refractivity contribution is 5.80. The minimum absolute atomic E-state index is 0.0763. The summed E-state index contributed by atoms with van der Waals surface area (Å²) in [4.78, 5) is 26.2. The Labute approximate surface area is 160 Å². The van der Waals surface area contributed by atoms with Crippen molar-refractivity contribution in [2.45, 2.75) is 44.1 Å². The maximum Gasteiger partial charge on any atom is 0.226 e. The van der Waals surface area contributed by atoms with Gasteiger partial charge in [-0.25, -0.2) is 4.98 Å². The van der Waals surface area contributed by atoms with E-state index in [1.807, 2.05) is 6.20 Å². The fourth-order valence-corrected chi connectivity index (χ4v) is 5.00. The van der Waals surface area contributed by atoms with Crippen LogP contribution in [0.3, 0.4) is 0 Å². The fraction of sp³-hybridized carbons (Fsp3) is 0.500. The van der Waals surface area contributed by atoms with Crippen molar-refractivity contribution in [1.29, 1.82) is 0 Å². The van der Waals surface area contributed by atoms with Gasteiger partial charge in [0.2, 0.25) is 5.91 Å². The molecule has 3 aliphatic rings. The summed E-state index contributed by atoms with van der Waals surface area (Å²) in [6.45, 7) is 3.56. The summed E-state index contributed by atoms with van der Waals surface area (Å²) in [7, 11) is 0. The number of benzene rings is 1. The molecule has 1 amide bonds. The van der Waals surface area contributed by atoms with Crippen molar-refractivity contribution in [1.82, 2.24) is 14.9 Å². The number of hydrogen-bond donors (Lipinski definition) is 0. The fourth-order valence-electron chi connectivity index (χ4n) is 5.00. The molecule has 2 aromatic rings. The maximum atomic E-state index is 13.0. The molecule has 0 unspecified atom stereocenters. The van der Waals surface area contributed by atoms with Crippen LogP contribution in [0.25, 0.3) is 0 Å². The quantitative estimate of drug-likeness (QED) is 0.823. The van der Waals surface area contributed by atoms with E-state index >= 15 is 0 Å². The zero-order valence-corrected chi connectivity index (χ0v) is 15.7. The third kappa shape index (κ3) is 2.89. The van der Waals surface area contributed by atoms with Crippen molar-refractivity contribution in [3.05, 3.63) is 54.0 Å². The number of aromatic nitrogens is 2. The number of nitrogens with zero attached hydrogens (tertiary/aromatic N) is 4. The number of carbonyl (C=O) groups excluding carboxylic acids is 1. The third-order valence-electron chi connectivity index (χ3n) is 6.80. The first kappa shape index (κ1) is 16.7. The zero-order chi connectivity index (χ0) is 18.3. The van der Waals surface area contributed by atoms with E-state index in [1.54, 1.807) is 12.4 Å². The number of piperidine rings is 1. The van der Waals surface area contributed by atoms with Crippen LogP contribution in [-0.2, 0) is 16.8 Å². The molecule has 0 atom stereocenters. The van der Waals surface area contributed by atoms with Gasteiger partial charge in [-0.2, -0.15) is 0 Å². The molecule has 5 rings (SSSR count). The van der Waals surface area contributed by atoms with Crippen LogP contribution in [0.2, 0.25) is 0 Å². The lowest BCUT2D eigenvalue weighted by Crippen LogP contribution is -2.54. The second kappa shape index (κ2) is 6.63. The molecule has 5 heteroatoms. The Morgan fingerprint density at radius 3 is 2.63 bits per heavy atom. The van der Waals surface area contributed by atoms with E-state index in [9.17, 15) is 4.79 Å². The van der Waals surface area contributed by atoms with Gasteiger partial charge in [0.25, 0.3) is 0 Å². The molecule has 1 aromatic carbocycles. The molecule has 1 saturated heterocycles. The highest BCUT2D eigenvalue weighted by Crippen LogP contribution is 2.43. The first-order chi connectivity index (χ1) is 13.3. The Balaban J connectivity index is 1.41. The number of rotatable bonds is 2. The van der Waals surface area contributed by atoms with Crippen LogP contribution in [0.5, 0.6) is 0 Å². The molecule has 0 N–H and O–H groups in total. The topological polar surface area (TPSA) is 49.3 Å². The first-order valence-electron chi connectivity index (χ1n) is 10.1. The van der Waals surface area contributed by atoms with Gasteiger partial charge < -0.3 is 9.80 Å². The molecular weight excluding hydrogens is 336 g/mol. The van der Waals surface area contributed by atoms with E-state index in [0.717, 1.165) is 57.7 Å². The predicted molar refractivity (Wildman–Crippen MR) is 104 cm³/mol. The minimum atomic E-state index is 0.0763. The lowest BCUT2D eigenvalue weighted by molar-refractivity contribution is -0.140. The van der Waals surface area contributed by atoms with E-state index in [1.165, 1.54) is 17.5 Å². The van der Waals surface area contributed by atoms with Crippen LogP contribution in [0, 0.1) is 5.92 Å². The van der Waals surface area contributed by atoms with E-state index in [0.29, 0.717) is 5.91 Å². The van der Waals surface area contributed by atoms with Crippen molar-refractivity contribution in [2.24, 2.45) is 5.92 Å². The van der Waals surface area contributed by atoms with Gasteiger partial charge in [-0.1, -0.05) is 30.7 Å². The van der Waals surface area contributed by atoms with Gasteiger partial charge in [0.15, 0.2) is 0 Å². The van der Waals surface area contributed by atoms with E-state index in [2.05, 4.69) is 44.0 Å². The molecule has 1 saturated carbocycles. The summed E-state index contributed by atoms with van der Waals surface area (Å²) >= 11 is 0. The summed E-state index contributed by atoms with van der Waals surface area (Å²) in [5.74, 6) is 1.61. The molecule has 1 aliphatic carbocycles. The average Bonchev–Trinajstić information content (AvgIpc) is 2.68. The molecule has 3 heterocycles. The Kier molecular flexibility index (Phi) is 4.10. The molecule has 0 radical (unpaired) electrons. The summed E-state index contributed by atoms with van der Waals surface area (Å²) in [6.07, 6.45) is 10.8. The smallest absolute Gasteiger partial charge is 0.226 e. The third-order valence-corrected chi connectivity index (χ3v) is 6.80. The minimum Gasteiger partial charge on any atom is -0.355 e. The lowest BCUT2D eigenvalue weighted by Gasteiger charge is -2.49. The summed E-state index contributed by atoms with van der Waals surface area (Å²) < 4.78 is 0. The lowest BCUT2D eigenvalue weighted by atomic mass is 9.68. The van der Waals surface area contributed by atoms with Crippen LogP contribution in [0.1, 0.15) is 43.2 Å². The largest absolute Gasteiger partial charge is 0.355 e. The number of anilines is 1. The SMILES string of the molecule is O=C(C1CCC1)N1Cc2ccccc2C2(CCN(c3cnccn3)CC2)C1. The van der Waals surface area contributed by atoms with Gasteiger partial charge in [-0.3, -0.25) is 9.78 Å². The Bertz CT molecular complexity index is 825. The molecule has 1 aromatic heterocycles. The van der Waals surface area contributed by atoms with Crippen LogP contribution in [0.15, 0.2) is 42.9 Å². The van der Waals surface area contributed by atoms with E-state index < -0.39 is 0 Å². The molecule has 5 nitrogen and oxygen atoms in total. The van der Waals surface area contributed by atoms with Gasteiger partial charge in [0, 0.05) is 49.9 Å². The molecular formula is C22H26N4O. The second-order valence-corrected chi connectivity index (χ2v) is 8.31. The molecule has 2 fully saturated rings. The zero-order valence-electron chi connectivity index (χ0n) is 15.7. The monoisotopic (exact) mass is 362 g/mol. The standard InChI is InChI=1S/C22H26N4O/c27-21(17-5-3-6-17)26-15-18-4-1-2-7-19(18)22(16-26)8-12-25(13-9-22)20-14-23-10-11-24-20/h1-2,4,7,10-11,14,17H,3,5-6,8-9,12-13,15-16H2. The average molecular weight is 362 g/mol. The number of amides is 1. The summed E-state index contributed by atoms with van der Waals surface area (Å²) in [5, 5.41) is 0. The normalized spacial score (nSPS) is 21.6. The maximum absolute atomic E-state index is 13.0. The van der Waals surface area contributed by atoms with E-state index in [-0.39, 0.29) is 11.3 Å². The number of fused-ring (bicyclic) bond motifs is 2. The molecule has 1 spiro atoms. The van der Waals surface area contributed by atoms with Gasteiger partial charge in [0.05, 0.1) is 6.20 Å². The van der Waals surface area contributed by atoms with Crippen molar-refractivity contribution >= 4 is 11.7 Å². The molecule has 27 heavy (non-hydrogen) atoms. The van der Waals surface area contributed by atoms with Crippen molar-refractivity contribution in [3.63, 3.8) is 0 Å². The predicted octanol–water partition coefficient (Wildman–Crippen LogP) is 3.16. The Morgan fingerprint density at radius 1 is 1.11 bits per heavy atom. The van der Waals surface area contributed by atoms with Crippen LogP contribution < -0.4 is 4.90 Å². The van der Waals surface area contributed by atoms with Crippen LogP contribution in [0.4, 0.5) is 5.82 Å². The van der Waals surface area contributed by atoms with Crippen LogP contribution >= 0.6 is 0 Å². The van der Waals surface area contributed by atoms with E-state index in [4.69, 9.17) is 0 Å². The number of hydrogen-bond acceptors (Lipinski definition) is 4. The Morgan fingerprint density at radius 2 is 1.93 bits per heavy atom. The summed E-state index contributed by atoms with van der Waals surface area (Å²) in [6, 6.07) is 8.77.